The molecule has 1 heterocycles. The number of aliphatic hydroxyl groups excluding tert-OH is 1. The predicted octanol–water partition coefficient (Wildman–Crippen LogP) is 0.0685. The number of rotatable bonds is 7. The second-order valence-corrected chi connectivity index (χ2v) is 3.96. The third kappa shape index (κ3) is 4.91. The number of hydrogen-bond acceptors (Lipinski definition) is 5. The molecular formula is C10H16N4O4. The van der Waals surface area contributed by atoms with Gasteiger partial charge in [0.1, 0.15) is 6.20 Å². The van der Waals surface area contributed by atoms with Crippen molar-refractivity contribution in [1.82, 2.24) is 14.9 Å². The molecule has 100 valence electrons. The summed E-state index contributed by atoms with van der Waals surface area (Å²) in [4.78, 5) is 24.8. The molecule has 0 saturated heterocycles. The van der Waals surface area contributed by atoms with E-state index in [0.717, 1.165) is 0 Å². The Morgan fingerprint density at radius 3 is 3.00 bits per heavy atom. The summed E-state index contributed by atoms with van der Waals surface area (Å²) in [7, 11) is 0. The summed E-state index contributed by atoms with van der Waals surface area (Å²) in [5.41, 5.74) is 0. The molecule has 0 aliphatic carbocycles. The summed E-state index contributed by atoms with van der Waals surface area (Å²) in [6, 6.07) is 0. The van der Waals surface area contributed by atoms with Crippen molar-refractivity contribution < 1.29 is 14.8 Å². The van der Waals surface area contributed by atoms with E-state index in [0.29, 0.717) is 19.5 Å². The van der Waals surface area contributed by atoms with Gasteiger partial charge >= 0.3 is 5.82 Å². The maximum atomic E-state index is 11.4. The normalized spacial score (nSPS) is 12.1. The smallest absolute Gasteiger partial charge is 0.381 e. The largest absolute Gasteiger partial charge is 0.393 e. The van der Waals surface area contributed by atoms with Crippen molar-refractivity contribution in [1.29, 1.82) is 0 Å². The fraction of sp³-hybridized carbons (Fsp3) is 0.600. The summed E-state index contributed by atoms with van der Waals surface area (Å²) < 4.78 is 1.49. The number of nitro groups is 1. The number of carbonyl (C=O) groups is 1. The molecule has 8 heteroatoms. The number of nitrogens with one attached hydrogen (secondary N) is 1. The van der Waals surface area contributed by atoms with Crippen LogP contribution in [0.25, 0.3) is 0 Å². The van der Waals surface area contributed by atoms with Gasteiger partial charge < -0.3 is 25.1 Å². The van der Waals surface area contributed by atoms with Crippen molar-refractivity contribution in [3.05, 3.63) is 22.6 Å². The van der Waals surface area contributed by atoms with Crippen LogP contribution < -0.4 is 5.32 Å². The molecule has 1 aromatic heterocycles. The minimum absolute atomic E-state index is 0.160. The van der Waals surface area contributed by atoms with Crippen LogP contribution in [0.1, 0.15) is 19.8 Å². The molecular weight excluding hydrogens is 240 g/mol. The molecule has 1 unspecified atom stereocenters. The van der Waals surface area contributed by atoms with Crippen molar-refractivity contribution >= 4 is 11.7 Å². The summed E-state index contributed by atoms with van der Waals surface area (Å²) in [6.45, 7) is 2.40. The molecule has 8 nitrogen and oxygen atoms in total. The lowest BCUT2D eigenvalue weighted by molar-refractivity contribution is -0.389. The molecule has 1 rings (SSSR count). The maximum Gasteiger partial charge on any atom is 0.381 e. The minimum atomic E-state index is -0.584. The molecule has 0 radical (unpaired) electrons. The van der Waals surface area contributed by atoms with E-state index in [1.807, 2.05) is 0 Å². The Bertz CT molecular complexity index is 416. The number of aryl methyl sites for hydroxylation is 1. The van der Waals surface area contributed by atoms with Crippen molar-refractivity contribution in [3.8, 4) is 0 Å². The Morgan fingerprint density at radius 1 is 1.72 bits per heavy atom. The summed E-state index contributed by atoms with van der Waals surface area (Å²) in [5, 5.41) is 22.0. The zero-order chi connectivity index (χ0) is 13.5. The second kappa shape index (κ2) is 6.70. The first kappa shape index (κ1) is 14.1. The molecule has 0 aliphatic rings. The standard InChI is InChI=1S/C10H16N4O4/c1-8(15)2-4-11-10(16)3-5-13-6-9(12-7-13)14(17)18/h6-8,15H,2-5H2,1H3,(H,11,16). The van der Waals surface area contributed by atoms with Gasteiger partial charge in [-0.1, -0.05) is 0 Å². The highest BCUT2D eigenvalue weighted by atomic mass is 16.6. The number of imidazole rings is 1. The van der Waals surface area contributed by atoms with Gasteiger partial charge in [0.05, 0.1) is 6.10 Å². The Kier molecular flexibility index (Phi) is 5.25. The molecule has 0 aromatic carbocycles. The highest BCUT2D eigenvalue weighted by Crippen LogP contribution is 2.05. The average Bonchev–Trinajstić information content (AvgIpc) is 2.74. The van der Waals surface area contributed by atoms with E-state index < -0.39 is 11.0 Å². The molecule has 18 heavy (non-hydrogen) atoms. The number of hydrogen-bond donors (Lipinski definition) is 2. The number of amides is 1. The molecule has 1 aromatic rings. The van der Waals surface area contributed by atoms with Crippen molar-refractivity contribution in [2.24, 2.45) is 0 Å². The van der Waals surface area contributed by atoms with Gasteiger partial charge in [-0.25, -0.2) is 0 Å². The van der Waals surface area contributed by atoms with E-state index in [1.165, 1.54) is 17.1 Å². The zero-order valence-electron chi connectivity index (χ0n) is 10.1. The van der Waals surface area contributed by atoms with Crippen LogP contribution in [-0.2, 0) is 11.3 Å². The topological polar surface area (TPSA) is 110 Å². The highest BCUT2D eigenvalue weighted by molar-refractivity contribution is 5.75. The Hall–Kier alpha value is -1.96. The van der Waals surface area contributed by atoms with Crippen molar-refractivity contribution in [3.63, 3.8) is 0 Å². The maximum absolute atomic E-state index is 11.4. The minimum Gasteiger partial charge on any atom is -0.393 e. The van der Waals surface area contributed by atoms with E-state index in [-0.39, 0.29) is 18.1 Å². The molecule has 1 atom stereocenters. The third-order valence-corrected chi connectivity index (χ3v) is 2.29. The summed E-state index contributed by atoms with van der Waals surface area (Å²) >= 11 is 0. The summed E-state index contributed by atoms with van der Waals surface area (Å²) in [6.07, 6.45) is 2.88. The molecule has 0 fully saturated rings. The predicted molar refractivity (Wildman–Crippen MR) is 62.8 cm³/mol. The first-order valence-corrected chi connectivity index (χ1v) is 5.60. The fourth-order valence-electron chi connectivity index (χ4n) is 1.30. The number of nitrogens with zero attached hydrogens (tertiary/aromatic N) is 3. The van der Waals surface area contributed by atoms with Gasteiger partial charge in [0.15, 0.2) is 0 Å². The van der Waals surface area contributed by atoms with Crippen LogP contribution in [0, 0.1) is 10.1 Å². The van der Waals surface area contributed by atoms with Crippen LogP contribution in [0.4, 0.5) is 5.82 Å². The molecule has 0 saturated carbocycles. The van der Waals surface area contributed by atoms with Gasteiger partial charge in [-0.3, -0.25) is 4.79 Å². The molecule has 0 bridgehead atoms. The fourth-order valence-corrected chi connectivity index (χ4v) is 1.30. The van der Waals surface area contributed by atoms with Crippen molar-refractivity contribution in [2.45, 2.75) is 32.4 Å². The Labute approximate surface area is 104 Å². The lowest BCUT2D eigenvalue weighted by atomic mass is 10.3. The third-order valence-electron chi connectivity index (χ3n) is 2.29. The quantitative estimate of drug-likeness (QED) is 0.529. The lowest BCUT2D eigenvalue weighted by Gasteiger charge is -2.06. The average molecular weight is 256 g/mol. The van der Waals surface area contributed by atoms with Gasteiger partial charge in [-0.15, -0.1) is 0 Å². The van der Waals surface area contributed by atoms with Crippen LogP contribution in [0.15, 0.2) is 12.5 Å². The first-order chi connectivity index (χ1) is 8.49. The molecule has 2 N–H and O–H groups in total. The van der Waals surface area contributed by atoms with E-state index in [4.69, 9.17) is 5.11 Å². The number of carbonyl (C=O) groups excluding carboxylic acids is 1. The van der Waals surface area contributed by atoms with E-state index in [1.54, 1.807) is 6.92 Å². The molecule has 1 amide bonds. The van der Waals surface area contributed by atoms with Gasteiger partial charge in [0, 0.05) is 19.5 Å². The lowest BCUT2D eigenvalue weighted by Crippen LogP contribution is -2.27. The monoisotopic (exact) mass is 256 g/mol. The van der Waals surface area contributed by atoms with Crippen LogP contribution in [-0.4, -0.2) is 38.1 Å². The van der Waals surface area contributed by atoms with Gasteiger partial charge in [-0.05, 0) is 23.3 Å². The van der Waals surface area contributed by atoms with Crippen LogP contribution in [0.5, 0.6) is 0 Å². The van der Waals surface area contributed by atoms with Crippen molar-refractivity contribution in [2.75, 3.05) is 6.54 Å². The van der Waals surface area contributed by atoms with E-state index >= 15 is 0 Å². The van der Waals surface area contributed by atoms with Gasteiger partial charge in [0.25, 0.3) is 0 Å². The van der Waals surface area contributed by atoms with E-state index in [9.17, 15) is 14.9 Å². The Morgan fingerprint density at radius 2 is 2.44 bits per heavy atom. The van der Waals surface area contributed by atoms with Gasteiger partial charge in [-0.2, -0.15) is 0 Å². The zero-order valence-corrected chi connectivity index (χ0v) is 10.1. The van der Waals surface area contributed by atoms with Crippen LogP contribution in [0.3, 0.4) is 0 Å². The first-order valence-electron chi connectivity index (χ1n) is 5.60. The highest BCUT2D eigenvalue weighted by Gasteiger charge is 2.10. The van der Waals surface area contributed by atoms with Crippen LogP contribution in [0.2, 0.25) is 0 Å². The van der Waals surface area contributed by atoms with E-state index in [2.05, 4.69) is 10.3 Å². The number of aromatic nitrogens is 2. The SMILES string of the molecule is CC(O)CCNC(=O)CCn1cnc([N+](=O)[O-])c1. The second-order valence-electron chi connectivity index (χ2n) is 3.96. The molecule has 0 aliphatic heterocycles. The van der Waals surface area contributed by atoms with Gasteiger partial charge in [0.2, 0.25) is 12.2 Å². The summed E-state index contributed by atoms with van der Waals surface area (Å²) in [5.74, 6) is -0.392. The Balaban J connectivity index is 2.27. The van der Waals surface area contributed by atoms with Crippen LogP contribution >= 0.6 is 0 Å². The number of aliphatic hydroxyl groups is 1. The molecule has 0 spiro atoms.